The minimum Gasteiger partial charge on any atom is -0.339 e. The molecule has 2 amide bonds. The number of hydrogen-bond donors (Lipinski definition) is 1. The first-order valence-electron chi connectivity index (χ1n) is 6.12. The summed E-state index contributed by atoms with van der Waals surface area (Å²) in [5.74, 6) is -0.184. The molecule has 1 aliphatic rings. The predicted molar refractivity (Wildman–Crippen MR) is 65.4 cm³/mol. The lowest BCUT2D eigenvalue weighted by Gasteiger charge is -2.28. The number of likely N-dealkylation sites (N-methyl/N-ethyl adjacent to an activating group) is 1. The van der Waals surface area contributed by atoms with E-state index in [1.807, 2.05) is 0 Å². The van der Waals surface area contributed by atoms with Crippen molar-refractivity contribution in [1.29, 1.82) is 0 Å². The van der Waals surface area contributed by atoms with E-state index in [1.165, 1.54) is 4.90 Å². The SMILES string of the molecule is Cc1nc(C(=O)N(C)CC(=O)N2CCNCC2)no1. The van der Waals surface area contributed by atoms with Crippen molar-refractivity contribution in [2.75, 3.05) is 39.8 Å². The lowest BCUT2D eigenvalue weighted by atomic mass is 10.3. The Balaban J connectivity index is 1.91. The summed E-state index contributed by atoms with van der Waals surface area (Å²) in [6.45, 7) is 4.54. The van der Waals surface area contributed by atoms with E-state index in [-0.39, 0.29) is 18.3 Å². The largest absolute Gasteiger partial charge is 0.339 e. The molecule has 1 fully saturated rings. The smallest absolute Gasteiger partial charge is 0.295 e. The van der Waals surface area contributed by atoms with E-state index in [4.69, 9.17) is 4.52 Å². The standard InChI is InChI=1S/C11H17N5O3/c1-8-13-10(14-19-8)11(18)15(2)7-9(17)16-5-3-12-4-6-16/h12H,3-7H2,1-2H3. The van der Waals surface area contributed by atoms with E-state index < -0.39 is 5.91 Å². The molecular weight excluding hydrogens is 250 g/mol. The van der Waals surface area contributed by atoms with Gasteiger partial charge in [-0.3, -0.25) is 9.59 Å². The molecule has 104 valence electrons. The Morgan fingerprint density at radius 3 is 2.68 bits per heavy atom. The van der Waals surface area contributed by atoms with Crippen molar-refractivity contribution in [2.45, 2.75) is 6.92 Å². The van der Waals surface area contributed by atoms with Gasteiger partial charge in [0, 0.05) is 40.2 Å². The maximum absolute atomic E-state index is 12.0. The van der Waals surface area contributed by atoms with E-state index in [2.05, 4.69) is 15.5 Å². The Labute approximate surface area is 110 Å². The van der Waals surface area contributed by atoms with Crippen LogP contribution in [0.1, 0.15) is 16.5 Å². The van der Waals surface area contributed by atoms with Crippen molar-refractivity contribution in [2.24, 2.45) is 0 Å². The van der Waals surface area contributed by atoms with Crippen LogP contribution in [-0.4, -0.2) is 71.5 Å². The zero-order chi connectivity index (χ0) is 13.8. The molecule has 0 unspecified atom stereocenters. The van der Waals surface area contributed by atoms with Gasteiger partial charge >= 0.3 is 0 Å². The predicted octanol–water partition coefficient (Wildman–Crippen LogP) is -1.12. The number of rotatable bonds is 3. The number of nitrogens with zero attached hydrogens (tertiary/aromatic N) is 4. The molecule has 2 rings (SSSR count). The van der Waals surface area contributed by atoms with E-state index >= 15 is 0 Å². The van der Waals surface area contributed by atoms with Crippen LogP contribution < -0.4 is 5.32 Å². The highest BCUT2D eigenvalue weighted by Gasteiger charge is 2.23. The highest BCUT2D eigenvalue weighted by molar-refractivity contribution is 5.93. The van der Waals surface area contributed by atoms with Crippen LogP contribution in [0.5, 0.6) is 0 Å². The van der Waals surface area contributed by atoms with Gasteiger partial charge in [0.2, 0.25) is 11.8 Å². The topological polar surface area (TPSA) is 91.6 Å². The van der Waals surface area contributed by atoms with E-state index in [0.717, 1.165) is 13.1 Å². The molecule has 0 atom stereocenters. The van der Waals surface area contributed by atoms with Crippen molar-refractivity contribution >= 4 is 11.8 Å². The quantitative estimate of drug-likeness (QED) is 0.746. The van der Waals surface area contributed by atoms with Crippen LogP contribution in [0.4, 0.5) is 0 Å². The Morgan fingerprint density at radius 1 is 1.42 bits per heavy atom. The summed E-state index contributed by atoms with van der Waals surface area (Å²) in [6.07, 6.45) is 0. The Bertz CT molecular complexity index is 467. The van der Waals surface area contributed by atoms with Crippen molar-refractivity contribution in [1.82, 2.24) is 25.3 Å². The summed E-state index contributed by atoms with van der Waals surface area (Å²) >= 11 is 0. The Morgan fingerprint density at radius 2 is 2.11 bits per heavy atom. The second-order valence-corrected chi connectivity index (χ2v) is 4.43. The third-order valence-corrected chi connectivity index (χ3v) is 2.91. The summed E-state index contributed by atoms with van der Waals surface area (Å²) in [5.41, 5.74) is 0. The van der Waals surface area contributed by atoms with Crippen LogP contribution in [0.15, 0.2) is 4.52 Å². The van der Waals surface area contributed by atoms with Gasteiger partial charge in [-0.2, -0.15) is 4.98 Å². The number of amides is 2. The molecule has 19 heavy (non-hydrogen) atoms. The number of piperazine rings is 1. The second-order valence-electron chi connectivity index (χ2n) is 4.43. The molecule has 0 radical (unpaired) electrons. The first-order chi connectivity index (χ1) is 9.08. The fraction of sp³-hybridized carbons (Fsp3) is 0.636. The third kappa shape index (κ3) is 3.28. The van der Waals surface area contributed by atoms with Gasteiger partial charge in [-0.05, 0) is 0 Å². The number of aryl methyl sites for hydroxylation is 1. The second kappa shape index (κ2) is 5.79. The summed E-state index contributed by atoms with van der Waals surface area (Å²) in [4.78, 5) is 30.8. The molecule has 0 spiro atoms. The fourth-order valence-corrected chi connectivity index (χ4v) is 1.85. The van der Waals surface area contributed by atoms with Crippen molar-refractivity contribution in [3.8, 4) is 0 Å². The van der Waals surface area contributed by atoms with E-state index in [0.29, 0.717) is 19.0 Å². The first-order valence-corrected chi connectivity index (χ1v) is 6.12. The third-order valence-electron chi connectivity index (χ3n) is 2.91. The maximum atomic E-state index is 12.0. The number of carbonyl (C=O) groups is 2. The van der Waals surface area contributed by atoms with Crippen LogP contribution in [-0.2, 0) is 4.79 Å². The summed E-state index contributed by atoms with van der Waals surface area (Å²) in [5, 5.41) is 6.71. The van der Waals surface area contributed by atoms with Gasteiger partial charge in [-0.1, -0.05) is 5.16 Å². The lowest BCUT2D eigenvalue weighted by molar-refractivity contribution is -0.132. The lowest BCUT2D eigenvalue weighted by Crippen LogP contribution is -2.49. The number of aromatic nitrogens is 2. The average molecular weight is 267 g/mol. The zero-order valence-corrected chi connectivity index (χ0v) is 11.0. The monoisotopic (exact) mass is 267 g/mol. The Hall–Kier alpha value is -1.96. The molecule has 8 heteroatoms. The summed E-state index contributed by atoms with van der Waals surface area (Å²) < 4.78 is 4.74. The maximum Gasteiger partial charge on any atom is 0.295 e. The minimum atomic E-state index is -0.416. The molecular formula is C11H17N5O3. The highest BCUT2D eigenvalue weighted by atomic mass is 16.5. The average Bonchev–Trinajstić information content (AvgIpc) is 2.85. The zero-order valence-electron chi connectivity index (χ0n) is 11.0. The fourth-order valence-electron chi connectivity index (χ4n) is 1.85. The molecule has 1 aromatic heterocycles. The molecule has 0 aromatic carbocycles. The van der Waals surface area contributed by atoms with Gasteiger partial charge in [0.25, 0.3) is 11.7 Å². The molecule has 8 nitrogen and oxygen atoms in total. The molecule has 1 aliphatic heterocycles. The van der Waals surface area contributed by atoms with Gasteiger partial charge in [0.15, 0.2) is 0 Å². The van der Waals surface area contributed by atoms with Crippen molar-refractivity contribution in [3.63, 3.8) is 0 Å². The normalized spacial score (nSPS) is 15.4. The van der Waals surface area contributed by atoms with Gasteiger partial charge in [0.05, 0.1) is 6.54 Å². The van der Waals surface area contributed by atoms with E-state index in [1.54, 1.807) is 18.9 Å². The molecule has 1 aromatic rings. The van der Waals surface area contributed by atoms with Crippen LogP contribution >= 0.6 is 0 Å². The Kier molecular flexibility index (Phi) is 4.10. The number of carbonyl (C=O) groups excluding carboxylic acids is 2. The van der Waals surface area contributed by atoms with E-state index in [9.17, 15) is 9.59 Å². The van der Waals surface area contributed by atoms with Crippen molar-refractivity contribution < 1.29 is 14.1 Å². The summed E-state index contributed by atoms with van der Waals surface area (Å²) in [6, 6.07) is 0. The number of hydrogen-bond acceptors (Lipinski definition) is 6. The molecule has 1 saturated heterocycles. The van der Waals surface area contributed by atoms with Gasteiger partial charge in [-0.15, -0.1) is 0 Å². The van der Waals surface area contributed by atoms with Crippen LogP contribution in [0, 0.1) is 6.92 Å². The molecule has 0 aliphatic carbocycles. The molecule has 1 N–H and O–H groups in total. The minimum absolute atomic E-state index is 0.0203. The molecule has 0 saturated carbocycles. The first kappa shape index (κ1) is 13.5. The number of nitrogens with one attached hydrogen (secondary N) is 1. The molecule has 0 bridgehead atoms. The van der Waals surface area contributed by atoms with Crippen molar-refractivity contribution in [3.05, 3.63) is 11.7 Å². The highest BCUT2D eigenvalue weighted by Crippen LogP contribution is 2.01. The van der Waals surface area contributed by atoms with Gasteiger partial charge in [-0.25, -0.2) is 0 Å². The summed E-state index contributed by atoms with van der Waals surface area (Å²) in [7, 11) is 1.55. The van der Waals surface area contributed by atoms with Gasteiger partial charge < -0.3 is 19.6 Å². The van der Waals surface area contributed by atoms with Gasteiger partial charge in [0.1, 0.15) is 0 Å². The molecule has 2 heterocycles. The van der Waals surface area contributed by atoms with Crippen LogP contribution in [0.3, 0.4) is 0 Å². The van der Waals surface area contributed by atoms with Crippen LogP contribution in [0.25, 0.3) is 0 Å². The van der Waals surface area contributed by atoms with Crippen LogP contribution in [0.2, 0.25) is 0 Å².